The summed E-state index contributed by atoms with van der Waals surface area (Å²) in [6, 6.07) is 12.8. The summed E-state index contributed by atoms with van der Waals surface area (Å²) in [4.78, 5) is 4.10. The van der Waals surface area contributed by atoms with Gasteiger partial charge in [-0.25, -0.2) is 13.4 Å². The summed E-state index contributed by atoms with van der Waals surface area (Å²) in [5, 5.41) is 0. The van der Waals surface area contributed by atoms with Crippen molar-refractivity contribution >= 4 is 22.4 Å². The Labute approximate surface area is 149 Å². The standard InChI is InChI=1S/C16H21N3O3S.ClH/c1-22-16-8-7-15(13-18-16)23(20,21)19(12-10-17)11-9-14-5-3-2-4-6-14;/h2-8,13H,9-12,17H2,1H3;1H. The summed E-state index contributed by atoms with van der Waals surface area (Å²) in [6.45, 7) is 0.897. The zero-order valence-corrected chi connectivity index (χ0v) is 15.1. The van der Waals surface area contributed by atoms with Crippen LogP contribution >= 0.6 is 12.4 Å². The SMILES string of the molecule is COc1ccc(S(=O)(=O)N(CCN)CCc2ccccc2)cn1.Cl. The molecule has 0 aliphatic heterocycles. The van der Waals surface area contributed by atoms with Crippen LogP contribution in [0.3, 0.4) is 0 Å². The van der Waals surface area contributed by atoms with Crippen molar-refractivity contribution in [2.24, 2.45) is 5.73 Å². The fourth-order valence-electron chi connectivity index (χ4n) is 2.18. The Morgan fingerprint density at radius 2 is 1.83 bits per heavy atom. The number of pyridine rings is 1. The van der Waals surface area contributed by atoms with Gasteiger partial charge in [-0.2, -0.15) is 4.31 Å². The van der Waals surface area contributed by atoms with Gasteiger partial charge in [-0.15, -0.1) is 12.4 Å². The van der Waals surface area contributed by atoms with Crippen molar-refractivity contribution < 1.29 is 13.2 Å². The third-order valence-electron chi connectivity index (χ3n) is 3.43. The van der Waals surface area contributed by atoms with E-state index in [1.54, 1.807) is 0 Å². The van der Waals surface area contributed by atoms with Crippen LogP contribution in [0.4, 0.5) is 0 Å². The fourth-order valence-corrected chi connectivity index (χ4v) is 3.59. The second-order valence-corrected chi connectivity index (χ2v) is 6.90. The van der Waals surface area contributed by atoms with Crippen molar-refractivity contribution in [3.63, 3.8) is 0 Å². The van der Waals surface area contributed by atoms with Crippen LogP contribution in [0.5, 0.6) is 5.88 Å². The minimum Gasteiger partial charge on any atom is -0.481 e. The third-order valence-corrected chi connectivity index (χ3v) is 5.31. The molecule has 0 aliphatic carbocycles. The molecule has 0 spiro atoms. The highest BCUT2D eigenvalue weighted by Crippen LogP contribution is 2.17. The van der Waals surface area contributed by atoms with Gasteiger partial charge in [-0.3, -0.25) is 0 Å². The van der Waals surface area contributed by atoms with E-state index in [1.807, 2.05) is 30.3 Å². The van der Waals surface area contributed by atoms with E-state index in [0.717, 1.165) is 5.56 Å². The lowest BCUT2D eigenvalue weighted by molar-refractivity contribution is 0.396. The van der Waals surface area contributed by atoms with Crippen LogP contribution in [0.2, 0.25) is 0 Å². The largest absolute Gasteiger partial charge is 0.481 e. The third kappa shape index (κ3) is 5.17. The minimum atomic E-state index is -3.62. The van der Waals surface area contributed by atoms with E-state index < -0.39 is 10.0 Å². The average molecular weight is 372 g/mol. The zero-order chi connectivity index (χ0) is 16.7. The van der Waals surface area contributed by atoms with Gasteiger partial charge in [0.2, 0.25) is 15.9 Å². The van der Waals surface area contributed by atoms with Crippen molar-refractivity contribution in [3.05, 3.63) is 54.2 Å². The Balaban J connectivity index is 0.00000288. The topological polar surface area (TPSA) is 85.5 Å². The highest BCUT2D eigenvalue weighted by atomic mass is 35.5. The second-order valence-electron chi connectivity index (χ2n) is 4.96. The van der Waals surface area contributed by atoms with E-state index in [2.05, 4.69) is 4.98 Å². The Morgan fingerprint density at radius 1 is 1.12 bits per heavy atom. The highest BCUT2D eigenvalue weighted by Gasteiger charge is 2.24. The molecular formula is C16H22ClN3O3S. The Bertz CT molecular complexity index is 709. The average Bonchev–Trinajstić information content (AvgIpc) is 2.59. The molecule has 24 heavy (non-hydrogen) atoms. The van der Waals surface area contributed by atoms with Crippen molar-refractivity contribution in [1.82, 2.24) is 9.29 Å². The summed E-state index contributed by atoms with van der Waals surface area (Å²) >= 11 is 0. The van der Waals surface area contributed by atoms with Crippen molar-refractivity contribution in [3.8, 4) is 5.88 Å². The lowest BCUT2D eigenvalue weighted by Gasteiger charge is -2.21. The van der Waals surface area contributed by atoms with Crippen molar-refractivity contribution in [2.75, 3.05) is 26.7 Å². The molecule has 0 saturated heterocycles. The number of benzene rings is 1. The van der Waals surface area contributed by atoms with E-state index in [9.17, 15) is 8.42 Å². The van der Waals surface area contributed by atoms with Gasteiger partial charge in [-0.1, -0.05) is 30.3 Å². The first-order chi connectivity index (χ1) is 11.1. The van der Waals surface area contributed by atoms with E-state index in [4.69, 9.17) is 10.5 Å². The van der Waals surface area contributed by atoms with Crippen LogP contribution in [0.1, 0.15) is 5.56 Å². The van der Waals surface area contributed by atoms with E-state index >= 15 is 0 Å². The molecule has 2 aromatic rings. The Hall–Kier alpha value is -1.67. The fraction of sp³-hybridized carbons (Fsp3) is 0.312. The first kappa shape index (κ1) is 20.4. The van der Waals surface area contributed by atoms with Gasteiger partial charge in [0.15, 0.2) is 0 Å². The lowest BCUT2D eigenvalue weighted by atomic mass is 10.1. The van der Waals surface area contributed by atoms with Crippen LogP contribution in [-0.2, 0) is 16.4 Å². The molecule has 132 valence electrons. The molecule has 6 nitrogen and oxygen atoms in total. The van der Waals surface area contributed by atoms with Gasteiger partial charge in [0.05, 0.1) is 13.3 Å². The Kier molecular flexibility index (Phi) is 8.14. The molecular weight excluding hydrogens is 350 g/mol. The molecule has 0 saturated carbocycles. The summed E-state index contributed by atoms with van der Waals surface area (Å²) in [7, 11) is -2.14. The summed E-state index contributed by atoms with van der Waals surface area (Å²) < 4.78 is 31.8. The maximum absolute atomic E-state index is 12.7. The molecule has 0 aliphatic rings. The maximum Gasteiger partial charge on any atom is 0.244 e. The van der Waals surface area contributed by atoms with Gasteiger partial charge < -0.3 is 10.5 Å². The van der Waals surface area contributed by atoms with Gasteiger partial charge in [0.25, 0.3) is 0 Å². The highest BCUT2D eigenvalue weighted by molar-refractivity contribution is 7.89. The molecule has 0 bridgehead atoms. The molecule has 0 fully saturated rings. The minimum absolute atomic E-state index is 0. The number of methoxy groups -OCH3 is 1. The Morgan fingerprint density at radius 3 is 2.38 bits per heavy atom. The quantitative estimate of drug-likeness (QED) is 0.763. The van der Waals surface area contributed by atoms with Crippen molar-refractivity contribution in [1.29, 1.82) is 0 Å². The van der Waals surface area contributed by atoms with Gasteiger partial charge in [0.1, 0.15) is 4.90 Å². The molecule has 0 atom stereocenters. The van der Waals surface area contributed by atoms with Gasteiger partial charge in [-0.05, 0) is 18.1 Å². The second kappa shape index (κ2) is 9.58. The van der Waals surface area contributed by atoms with Gasteiger partial charge in [0, 0.05) is 25.7 Å². The molecule has 0 radical (unpaired) electrons. The normalized spacial score (nSPS) is 11.1. The van der Waals surface area contributed by atoms with Crippen LogP contribution in [0.15, 0.2) is 53.6 Å². The molecule has 1 aromatic heterocycles. The first-order valence-corrected chi connectivity index (χ1v) is 8.76. The smallest absolute Gasteiger partial charge is 0.244 e. The monoisotopic (exact) mass is 371 g/mol. The van der Waals surface area contributed by atoms with Crippen LogP contribution in [-0.4, -0.2) is 44.5 Å². The van der Waals surface area contributed by atoms with E-state index in [0.29, 0.717) is 18.8 Å². The van der Waals surface area contributed by atoms with Crippen LogP contribution < -0.4 is 10.5 Å². The van der Waals surface area contributed by atoms with E-state index in [-0.39, 0.29) is 30.4 Å². The molecule has 1 heterocycles. The van der Waals surface area contributed by atoms with Gasteiger partial charge >= 0.3 is 0 Å². The zero-order valence-electron chi connectivity index (χ0n) is 13.5. The first-order valence-electron chi connectivity index (χ1n) is 7.32. The molecule has 2 N–H and O–H groups in total. The van der Waals surface area contributed by atoms with Crippen molar-refractivity contribution in [2.45, 2.75) is 11.3 Å². The van der Waals surface area contributed by atoms with Crippen LogP contribution in [0.25, 0.3) is 0 Å². The number of aromatic nitrogens is 1. The molecule has 0 amide bonds. The summed E-state index contributed by atoms with van der Waals surface area (Å²) in [5.41, 5.74) is 6.66. The summed E-state index contributed by atoms with van der Waals surface area (Å²) in [6.07, 6.45) is 1.93. The number of hydrogen-bond donors (Lipinski definition) is 1. The predicted octanol–water partition coefficient (Wildman–Crippen LogP) is 1.70. The van der Waals surface area contributed by atoms with E-state index in [1.165, 1.54) is 29.7 Å². The maximum atomic E-state index is 12.7. The predicted molar refractivity (Wildman–Crippen MR) is 96.0 cm³/mol. The number of hydrogen-bond acceptors (Lipinski definition) is 5. The lowest BCUT2D eigenvalue weighted by Crippen LogP contribution is -2.37. The number of ether oxygens (including phenoxy) is 1. The molecule has 8 heteroatoms. The molecule has 2 rings (SSSR count). The van der Waals surface area contributed by atoms with Crippen LogP contribution in [0, 0.1) is 0 Å². The number of sulfonamides is 1. The number of rotatable bonds is 8. The molecule has 1 aromatic carbocycles. The number of nitrogens with two attached hydrogens (primary N) is 1. The molecule has 0 unspecified atom stereocenters. The number of nitrogens with zero attached hydrogens (tertiary/aromatic N) is 2. The number of halogens is 1. The summed E-state index contributed by atoms with van der Waals surface area (Å²) in [5.74, 6) is 0.374.